The maximum Gasteiger partial charge on any atom is 0.513 e. The van der Waals surface area contributed by atoms with Gasteiger partial charge in [-0.15, -0.1) is 0 Å². The second kappa shape index (κ2) is 8.13. The van der Waals surface area contributed by atoms with E-state index in [2.05, 4.69) is 33.4 Å². The van der Waals surface area contributed by atoms with Crippen LogP contribution in [0.2, 0.25) is 0 Å². The van der Waals surface area contributed by atoms with E-state index < -0.39 is 6.16 Å². The van der Waals surface area contributed by atoms with E-state index in [1.54, 1.807) is 31.2 Å². The summed E-state index contributed by atoms with van der Waals surface area (Å²) in [5, 5.41) is 3.11. The normalized spacial score (nSPS) is 15.5. The average Bonchev–Trinajstić information content (AvgIpc) is 3.45. The van der Waals surface area contributed by atoms with Crippen molar-refractivity contribution in [2.45, 2.75) is 38.1 Å². The molecule has 142 valence electrons. The summed E-state index contributed by atoms with van der Waals surface area (Å²) in [7, 11) is 0. The van der Waals surface area contributed by atoms with Crippen molar-refractivity contribution >= 4 is 28.0 Å². The average molecular weight is 432 g/mol. The van der Waals surface area contributed by atoms with E-state index in [0.29, 0.717) is 11.3 Å². The lowest BCUT2D eigenvalue weighted by molar-refractivity contribution is 0.0931. The van der Waals surface area contributed by atoms with E-state index in [1.807, 2.05) is 19.1 Å². The van der Waals surface area contributed by atoms with Crippen LogP contribution in [0.15, 0.2) is 53.0 Å². The van der Waals surface area contributed by atoms with Gasteiger partial charge >= 0.3 is 6.16 Å². The first-order valence-electron chi connectivity index (χ1n) is 8.96. The molecule has 0 aliphatic heterocycles. The van der Waals surface area contributed by atoms with Gasteiger partial charge in [-0.3, -0.25) is 4.79 Å². The zero-order valence-electron chi connectivity index (χ0n) is 15.3. The van der Waals surface area contributed by atoms with E-state index in [0.717, 1.165) is 17.3 Å². The van der Waals surface area contributed by atoms with Crippen molar-refractivity contribution in [2.75, 3.05) is 6.61 Å². The molecule has 1 unspecified atom stereocenters. The molecule has 0 heterocycles. The van der Waals surface area contributed by atoms with Gasteiger partial charge < -0.3 is 14.8 Å². The second-order valence-electron chi connectivity index (χ2n) is 6.67. The van der Waals surface area contributed by atoms with Crippen LogP contribution in [0.1, 0.15) is 42.6 Å². The molecule has 27 heavy (non-hydrogen) atoms. The van der Waals surface area contributed by atoms with Crippen LogP contribution < -0.4 is 10.1 Å². The van der Waals surface area contributed by atoms with Crippen LogP contribution in [0, 0.1) is 0 Å². The first kappa shape index (κ1) is 19.4. The zero-order chi connectivity index (χ0) is 19.4. The summed E-state index contributed by atoms with van der Waals surface area (Å²) in [6.45, 7) is 4.00. The Kier molecular flexibility index (Phi) is 5.85. The van der Waals surface area contributed by atoms with Gasteiger partial charge in [0.15, 0.2) is 0 Å². The molecule has 2 aromatic carbocycles. The Morgan fingerprint density at radius 3 is 2.30 bits per heavy atom. The molecule has 0 radical (unpaired) electrons. The fourth-order valence-electron chi connectivity index (χ4n) is 3.22. The first-order valence-corrected chi connectivity index (χ1v) is 9.75. The first-order chi connectivity index (χ1) is 12.9. The molecule has 1 amide bonds. The number of nitrogens with one attached hydrogen (secondary N) is 1. The van der Waals surface area contributed by atoms with Gasteiger partial charge in [0.05, 0.1) is 6.61 Å². The monoisotopic (exact) mass is 431 g/mol. The lowest BCUT2D eigenvalue weighted by atomic mass is 9.89. The highest BCUT2D eigenvalue weighted by Crippen LogP contribution is 2.51. The number of amides is 1. The van der Waals surface area contributed by atoms with Crippen molar-refractivity contribution in [3.8, 4) is 5.75 Å². The summed E-state index contributed by atoms with van der Waals surface area (Å²) < 4.78 is 10.8. The fraction of sp³-hybridized carbons (Fsp3) is 0.333. The Labute approximate surface area is 167 Å². The van der Waals surface area contributed by atoms with Crippen molar-refractivity contribution in [1.82, 2.24) is 5.32 Å². The van der Waals surface area contributed by atoms with Crippen molar-refractivity contribution < 1.29 is 19.1 Å². The summed E-state index contributed by atoms with van der Waals surface area (Å²) in [6, 6.07) is 14.7. The van der Waals surface area contributed by atoms with Gasteiger partial charge in [-0.1, -0.05) is 28.1 Å². The molecule has 6 heteroatoms. The molecule has 0 spiro atoms. The Bertz CT molecular complexity index is 813. The van der Waals surface area contributed by atoms with Gasteiger partial charge in [0.1, 0.15) is 5.75 Å². The van der Waals surface area contributed by atoms with Crippen LogP contribution in [0.5, 0.6) is 5.75 Å². The van der Waals surface area contributed by atoms with Crippen LogP contribution in [0.3, 0.4) is 0 Å². The number of benzene rings is 2. The van der Waals surface area contributed by atoms with E-state index in [4.69, 9.17) is 9.47 Å². The number of hydrogen-bond donors (Lipinski definition) is 1. The molecule has 0 aromatic heterocycles. The molecular formula is C21H22BrNO4. The summed E-state index contributed by atoms with van der Waals surface area (Å²) in [4.78, 5) is 23.9. The molecule has 1 saturated carbocycles. The van der Waals surface area contributed by atoms with Crippen LogP contribution in [-0.2, 0) is 10.2 Å². The highest BCUT2D eigenvalue weighted by molar-refractivity contribution is 9.10. The number of ether oxygens (including phenoxy) is 2. The predicted molar refractivity (Wildman–Crippen MR) is 106 cm³/mol. The van der Waals surface area contributed by atoms with Gasteiger partial charge in [-0.05, 0) is 68.7 Å². The van der Waals surface area contributed by atoms with Crippen molar-refractivity contribution in [3.63, 3.8) is 0 Å². The number of rotatable bonds is 6. The van der Waals surface area contributed by atoms with Gasteiger partial charge in [0, 0.05) is 21.5 Å². The van der Waals surface area contributed by atoms with E-state index in [1.165, 1.54) is 5.56 Å². The number of carbonyl (C=O) groups excluding carboxylic acids is 2. The quantitative estimate of drug-likeness (QED) is 0.525. The maximum atomic E-state index is 12.6. The molecule has 5 nitrogen and oxygen atoms in total. The third kappa shape index (κ3) is 4.50. The Balaban J connectivity index is 1.63. The van der Waals surface area contributed by atoms with Crippen LogP contribution in [-0.4, -0.2) is 24.7 Å². The molecular weight excluding hydrogens is 410 g/mol. The molecule has 0 saturated heterocycles. The highest BCUT2D eigenvalue weighted by Gasteiger charge is 2.49. The number of carbonyl (C=O) groups is 2. The molecule has 3 rings (SSSR count). The molecule has 1 fully saturated rings. The van der Waals surface area contributed by atoms with Crippen LogP contribution in [0.25, 0.3) is 0 Å². The molecule has 1 aliphatic carbocycles. The predicted octanol–water partition coefficient (Wildman–Crippen LogP) is 4.83. The number of halogens is 1. The van der Waals surface area contributed by atoms with E-state index in [9.17, 15) is 9.59 Å². The van der Waals surface area contributed by atoms with Crippen LogP contribution >= 0.6 is 15.9 Å². The lowest BCUT2D eigenvalue weighted by Gasteiger charge is -2.25. The van der Waals surface area contributed by atoms with Crippen molar-refractivity contribution in [3.05, 3.63) is 64.1 Å². The molecule has 1 atom stereocenters. The topological polar surface area (TPSA) is 64.6 Å². The van der Waals surface area contributed by atoms with Gasteiger partial charge in [-0.2, -0.15) is 0 Å². The van der Waals surface area contributed by atoms with E-state index in [-0.39, 0.29) is 24.0 Å². The molecule has 1 aliphatic rings. The number of hydrogen-bond acceptors (Lipinski definition) is 4. The fourth-order valence-corrected chi connectivity index (χ4v) is 3.49. The molecule has 0 bridgehead atoms. The van der Waals surface area contributed by atoms with Crippen LogP contribution in [0.4, 0.5) is 4.79 Å². The maximum absolute atomic E-state index is 12.6. The lowest BCUT2D eigenvalue weighted by Crippen LogP contribution is -2.41. The largest absolute Gasteiger partial charge is 0.513 e. The van der Waals surface area contributed by atoms with Gasteiger partial charge in [-0.25, -0.2) is 4.79 Å². The minimum absolute atomic E-state index is 0.00330. The Hall–Kier alpha value is -2.34. The third-order valence-corrected chi connectivity index (χ3v) is 5.49. The van der Waals surface area contributed by atoms with Gasteiger partial charge in [0.25, 0.3) is 5.91 Å². The highest BCUT2D eigenvalue weighted by atomic mass is 79.9. The summed E-state index contributed by atoms with van der Waals surface area (Å²) >= 11 is 3.46. The standard InChI is InChI=1S/C21H22BrNO4/c1-3-26-20(25)27-18-10-4-15(5-11-18)19(24)23-14(2)21(12-13-21)16-6-8-17(22)9-7-16/h4-11,14H,3,12-13H2,1-2H3,(H,23,24). The second-order valence-corrected chi connectivity index (χ2v) is 7.58. The third-order valence-electron chi connectivity index (χ3n) is 4.96. The summed E-state index contributed by atoms with van der Waals surface area (Å²) in [5.41, 5.74) is 1.77. The Morgan fingerprint density at radius 2 is 1.74 bits per heavy atom. The van der Waals surface area contributed by atoms with E-state index >= 15 is 0 Å². The van der Waals surface area contributed by atoms with Crippen molar-refractivity contribution in [2.24, 2.45) is 0 Å². The SMILES string of the molecule is CCOC(=O)Oc1ccc(C(=O)NC(C)C2(c3ccc(Br)cc3)CC2)cc1. The molecule has 2 aromatic rings. The minimum Gasteiger partial charge on any atom is -0.434 e. The smallest absolute Gasteiger partial charge is 0.434 e. The van der Waals surface area contributed by atoms with Gasteiger partial charge in [0.2, 0.25) is 0 Å². The summed E-state index contributed by atoms with van der Waals surface area (Å²) in [6.07, 6.45) is 1.36. The Morgan fingerprint density at radius 1 is 1.11 bits per heavy atom. The minimum atomic E-state index is -0.756. The van der Waals surface area contributed by atoms with Crippen molar-refractivity contribution in [1.29, 1.82) is 0 Å². The summed E-state index contributed by atoms with van der Waals surface area (Å²) in [5.74, 6) is 0.195. The zero-order valence-corrected chi connectivity index (χ0v) is 16.9. The molecule has 1 N–H and O–H groups in total.